The van der Waals surface area contributed by atoms with Gasteiger partial charge in [-0.2, -0.15) is 8.78 Å². The molecular weight excluding hydrogens is 310 g/mol. The molecule has 0 aliphatic carbocycles. The zero-order valence-electron chi connectivity index (χ0n) is 13.1. The van der Waals surface area contributed by atoms with E-state index in [0.29, 0.717) is 6.42 Å². The fraction of sp³-hybridized carbons (Fsp3) is 0.400. The molecule has 0 heterocycles. The van der Waals surface area contributed by atoms with E-state index in [-0.39, 0.29) is 12.1 Å². The fourth-order valence-electron chi connectivity index (χ4n) is 1.65. The number of carbonyl (C=O) groups is 1. The molecule has 126 valence electrons. The summed E-state index contributed by atoms with van der Waals surface area (Å²) in [6.45, 7) is 5.50. The molecule has 0 spiro atoms. The summed E-state index contributed by atoms with van der Waals surface area (Å²) in [5.41, 5.74) is -1.61. The first kappa shape index (κ1) is 18.5. The predicted octanol–water partition coefficient (Wildman–Crippen LogP) is 3.80. The maximum atomic E-state index is 13.4. The van der Waals surface area contributed by atoms with Crippen LogP contribution in [-0.2, 0) is 4.74 Å². The molecule has 0 saturated carbocycles. The zero-order chi connectivity index (χ0) is 17.6. The Morgan fingerprint density at radius 3 is 2.39 bits per heavy atom. The first-order valence-corrected chi connectivity index (χ1v) is 6.87. The van der Waals surface area contributed by atoms with E-state index >= 15 is 0 Å². The maximum Gasteiger partial charge on any atom is 0.407 e. The van der Waals surface area contributed by atoms with Crippen LogP contribution in [-0.4, -0.2) is 23.2 Å². The highest BCUT2D eigenvalue weighted by atomic mass is 19.1. The zero-order valence-corrected chi connectivity index (χ0v) is 13.1. The topological polar surface area (TPSA) is 81.5 Å². The van der Waals surface area contributed by atoms with Crippen LogP contribution in [0.15, 0.2) is 18.2 Å². The minimum atomic E-state index is -1.23. The van der Waals surface area contributed by atoms with Gasteiger partial charge >= 0.3 is 11.8 Å². The molecule has 1 aromatic rings. The van der Waals surface area contributed by atoms with Crippen molar-refractivity contribution in [2.75, 3.05) is 6.54 Å². The number of nitro groups is 1. The number of nitrogens with zero attached hydrogens (tertiary/aromatic N) is 1. The summed E-state index contributed by atoms with van der Waals surface area (Å²) in [5.74, 6) is -2.47. The summed E-state index contributed by atoms with van der Waals surface area (Å²) in [7, 11) is 0. The van der Waals surface area contributed by atoms with Crippen molar-refractivity contribution in [2.45, 2.75) is 32.8 Å². The highest BCUT2D eigenvalue weighted by molar-refractivity contribution is 5.67. The SMILES string of the molecule is CC(C)(C)OC(=O)NCCC=Cc1cc(F)c([N+](=O)[O-])c(F)c1. The van der Waals surface area contributed by atoms with Crippen LogP contribution in [0.3, 0.4) is 0 Å². The lowest BCUT2D eigenvalue weighted by atomic mass is 10.1. The number of ether oxygens (including phenoxy) is 1. The molecule has 1 N–H and O–H groups in total. The average Bonchev–Trinajstić information content (AvgIpc) is 2.34. The van der Waals surface area contributed by atoms with Crippen LogP contribution in [0, 0.1) is 21.7 Å². The summed E-state index contributed by atoms with van der Waals surface area (Å²) in [6.07, 6.45) is 2.84. The van der Waals surface area contributed by atoms with E-state index in [0.717, 1.165) is 12.1 Å². The Hall–Kier alpha value is -2.51. The lowest BCUT2D eigenvalue weighted by molar-refractivity contribution is -0.390. The predicted molar refractivity (Wildman–Crippen MR) is 80.9 cm³/mol. The van der Waals surface area contributed by atoms with Gasteiger partial charge in [0.05, 0.1) is 4.92 Å². The van der Waals surface area contributed by atoms with E-state index in [4.69, 9.17) is 4.74 Å². The number of hydrogen-bond acceptors (Lipinski definition) is 4. The van der Waals surface area contributed by atoms with Gasteiger partial charge in [-0.05, 0) is 44.9 Å². The second-order valence-corrected chi connectivity index (χ2v) is 5.71. The second kappa shape index (κ2) is 7.66. The van der Waals surface area contributed by atoms with Gasteiger partial charge in [-0.25, -0.2) is 4.79 Å². The van der Waals surface area contributed by atoms with E-state index in [1.807, 2.05) is 0 Å². The quantitative estimate of drug-likeness (QED) is 0.506. The van der Waals surface area contributed by atoms with E-state index in [1.165, 1.54) is 6.08 Å². The molecule has 0 bridgehead atoms. The van der Waals surface area contributed by atoms with Gasteiger partial charge in [-0.1, -0.05) is 12.2 Å². The third-order valence-electron chi connectivity index (χ3n) is 2.51. The van der Waals surface area contributed by atoms with Crippen molar-refractivity contribution in [1.82, 2.24) is 5.32 Å². The van der Waals surface area contributed by atoms with Crippen molar-refractivity contribution in [3.63, 3.8) is 0 Å². The van der Waals surface area contributed by atoms with Crippen molar-refractivity contribution < 1.29 is 23.2 Å². The largest absolute Gasteiger partial charge is 0.444 e. The maximum absolute atomic E-state index is 13.4. The van der Waals surface area contributed by atoms with Gasteiger partial charge in [-0.3, -0.25) is 10.1 Å². The summed E-state index contributed by atoms with van der Waals surface area (Å²) in [5, 5.41) is 13.0. The smallest absolute Gasteiger partial charge is 0.407 e. The van der Waals surface area contributed by atoms with Crippen molar-refractivity contribution in [3.05, 3.63) is 45.5 Å². The molecule has 0 fully saturated rings. The van der Waals surface area contributed by atoms with Crippen molar-refractivity contribution >= 4 is 17.9 Å². The Morgan fingerprint density at radius 2 is 1.91 bits per heavy atom. The van der Waals surface area contributed by atoms with Crippen LogP contribution >= 0.6 is 0 Å². The van der Waals surface area contributed by atoms with Crippen LogP contribution in [0.5, 0.6) is 0 Å². The molecule has 1 amide bonds. The number of rotatable bonds is 5. The third-order valence-corrected chi connectivity index (χ3v) is 2.51. The number of nitrogens with one attached hydrogen (secondary N) is 1. The molecule has 0 atom stereocenters. The van der Waals surface area contributed by atoms with Gasteiger partial charge in [0.25, 0.3) is 0 Å². The van der Waals surface area contributed by atoms with Gasteiger partial charge in [0.15, 0.2) is 0 Å². The summed E-state index contributed by atoms with van der Waals surface area (Å²) in [4.78, 5) is 20.7. The molecule has 1 rings (SSSR count). The van der Waals surface area contributed by atoms with Crippen LogP contribution in [0.1, 0.15) is 32.8 Å². The highest BCUT2D eigenvalue weighted by Gasteiger charge is 2.21. The van der Waals surface area contributed by atoms with Gasteiger partial charge in [0, 0.05) is 6.54 Å². The number of hydrogen-bond donors (Lipinski definition) is 1. The van der Waals surface area contributed by atoms with Gasteiger partial charge < -0.3 is 10.1 Å². The standard InChI is InChI=1S/C15H18F2N2O4/c1-15(2,3)23-14(20)18-7-5-4-6-10-8-11(16)13(19(21)22)12(17)9-10/h4,6,8-9H,5,7H2,1-3H3,(H,18,20). The Balaban J connectivity index is 2.53. The molecule has 23 heavy (non-hydrogen) atoms. The van der Waals surface area contributed by atoms with Crippen LogP contribution in [0.2, 0.25) is 0 Å². The Kier molecular flexibility index (Phi) is 6.18. The number of nitro benzene ring substituents is 1. The Morgan fingerprint density at radius 1 is 1.35 bits per heavy atom. The van der Waals surface area contributed by atoms with Gasteiger partial charge in [0.1, 0.15) is 5.60 Å². The van der Waals surface area contributed by atoms with E-state index < -0.39 is 33.9 Å². The first-order chi connectivity index (χ1) is 10.6. The minimum absolute atomic E-state index is 0.155. The molecule has 0 aliphatic heterocycles. The average molecular weight is 328 g/mol. The number of halogens is 2. The van der Waals surface area contributed by atoms with Crippen LogP contribution in [0.25, 0.3) is 6.08 Å². The number of alkyl carbamates (subject to hydrolysis) is 1. The summed E-state index contributed by atoms with van der Waals surface area (Å²) in [6, 6.07) is 1.75. The number of amides is 1. The van der Waals surface area contributed by atoms with Crippen LogP contribution < -0.4 is 5.32 Å². The molecule has 6 nitrogen and oxygen atoms in total. The monoisotopic (exact) mass is 328 g/mol. The molecule has 0 aromatic heterocycles. The van der Waals surface area contributed by atoms with Crippen molar-refractivity contribution in [1.29, 1.82) is 0 Å². The Labute approximate surface area is 132 Å². The molecule has 1 aromatic carbocycles. The molecular formula is C15H18F2N2O4. The summed E-state index contributed by atoms with van der Waals surface area (Å²) < 4.78 is 31.9. The van der Waals surface area contributed by atoms with Gasteiger partial charge in [0.2, 0.25) is 11.6 Å². The van der Waals surface area contributed by atoms with E-state index in [9.17, 15) is 23.7 Å². The normalized spacial score (nSPS) is 11.5. The number of carbonyl (C=O) groups excluding carboxylic acids is 1. The van der Waals surface area contributed by atoms with E-state index in [2.05, 4.69) is 5.32 Å². The third kappa shape index (κ3) is 6.41. The first-order valence-electron chi connectivity index (χ1n) is 6.87. The van der Waals surface area contributed by atoms with Gasteiger partial charge in [-0.15, -0.1) is 0 Å². The molecule has 0 saturated heterocycles. The lowest BCUT2D eigenvalue weighted by Gasteiger charge is -2.19. The van der Waals surface area contributed by atoms with E-state index in [1.54, 1.807) is 26.8 Å². The highest BCUT2D eigenvalue weighted by Crippen LogP contribution is 2.23. The van der Waals surface area contributed by atoms with Crippen molar-refractivity contribution in [2.24, 2.45) is 0 Å². The molecule has 0 unspecified atom stereocenters. The minimum Gasteiger partial charge on any atom is -0.444 e. The lowest BCUT2D eigenvalue weighted by Crippen LogP contribution is -2.32. The van der Waals surface area contributed by atoms with Crippen molar-refractivity contribution in [3.8, 4) is 0 Å². The Bertz CT molecular complexity index is 601. The molecule has 8 heteroatoms. The fourth-order valence-corrected chi connectivity index (χ4v) is 1.65. The summed E-state index contributed by atoms with van der Waals surface area (Å²) >= 11 is 0. The number of benzene rings is 1. The second-order valence-electron chi connectivity index (χ2n) is 5.71. The molecule has 0 radical (unpaired) electrons. The molecule has 0 aliphatic rings. The van der Waals surface area contributed by atoms with Crippen LogP contribution in [0.4, 0.5) is 19.3 Å².